The largest absolute Gasteiger partial charge is 0.497 e. The Morgan fingerprint density at radius 3 is 2.46 bits per heavy atom. The highest BCUT2D eigenvalue weighted by Gasteiger charge is 2.15. The van der Waals surface area contributed by atoms with E-state index in [1.807, 2.05) is 41.2 Å². The number of ether oxygens (including phenoxy) is 2. The maximum Gasteiger partial charge on any atom is 0.165 e. The first-order valence-corrected chi connectivity index (χ1v) is 7.35. The van der Waals surface area contributed by atoms with Crippen LogP contribution in [0.3, 0.4) is 0 Å². The van der Waals surface area contributed by atoms with Crippen molar-refractivity contribution in [1.82, 2.24) is 24.1 Å². The van der Waals surface area contributed by atoms with E-state index < -0.39 is 0 Å². The summed E-state index contributed by atoms with van der Waals surface area (Å²) in [4.78, 5) is 8.88. The first-order valence-electron chi connectivity index (χ1n) is 7.35. The van der Waals surface area contributed by atoms with Gasteiger partial charge in [-0.1, -0.05) is 0 Å². The summed E-state index contributed by atoms with van der Waals surface area (Å²) in [6, 6.07) is 7.51. The molecular formula is C17H15N5O2. The van der Waals surface area contributed by atoms with Crippen LogP contribution >= 0.6 is 0 Å². The molecule has 0 atom stereocenters. The van der Waals surface area contributed by atoms with Crippen molar-refractivity contribution in [1.29, 1.82) is 0 Å². The quantitative estimate of drug-likeness (QED) is 0.578. The molecule has 7 nitrogen and oxygen atoms in total. The monoisotopic (exact) mass is 321 g/mol. The van der Waals surface area contributed by atoms with E-state index in [0.29, 0.717) is 11.5 Å². The van der Waals surface area contributed by atoms with E-state index in [0.717, 1.165) is 22.7 Å². The average molecular weight is 321 g/mol. The van der Waals surface area contributed by atoms with Crippen molar-refractivity contribution in [3.63, 3.8) is 0 Å². The van der Waals surface area contributed by atoms with Gasteiger partial charge in [0.15, 0.2) is 5.65 Å². The molecule has 3 aromatic heterocycles. The van der Waals surface area contributed by atoms with Crippen molar-refractivity contribution in [3.05, 3.63) is 55.2 Å². The van der Waals surface area contributed by atoms with Crippen LogP contribution in [-0.2, 0) is 0 Å². The van der Waals surface area contributed by atoms with E-state index in [4.69, 9.17) is 9.47 Å². The van der Waals surface area contributed by atoms with Crippen LogP contribution in [0.1, 0.15) is 0 Å². The van der Waals surface area contributed by atoms with Crippen LogP contribution in [-0.4, -0.2) is 38.4 Å². The molecule has 0 aliphatic rings. The molecule has 24 heavy (non-hydrogen) atoms. The number of benzene rings is 1. The lowest BCUT2D eigenvalue weighted by atomic mass is 10.2. The zero-order valence-corrected chi connectivity index (χ0v) is 13.2. The van der Waals surface area contributed by atoms with Gasteiger partial charge in [-0.15, -0.1) is 0 Å². The molecule has 0 aliphatic heterocycles. The Morgan fingerprint density at radius 1 is 0.917 bits per heavy atom. The molecule has 4 aromatic rings. The van der Waals surface area contributed by atoms with Gasteiger partial charge in [0.05, 0.1) is 31.7 Å². The number of hydrogen-bond donors (Lipinski definition) is 0. The zero-order chi connectivity index (χ0) is 16.5. The molecule has 7 heteroatoms. The van der Waals surface area contributed by atoms with Crippen LogP contribution in [0.25, 0.3) is 22.7 Å². The van der Waals surface area contributed by atoms with Gasteiger partial charge in [0.25, 0.3) is 0 Å². The number of hydrogen-bond acceptors (Lipinski definition) is 5. The predicted octanol–water partition coefficient (Wildman–Crippen LogP) is 2.60. The Labute approximate surface area is 138 Å². The van der Waals surface area contributed by atoms with Crippen molar-refractivity contribution in [3.8, 4) is 28.6 Å². The fourth-order valence-electron chi connectivity index (χ4n) is 2.63. The van der Waals surface area contributed by atoms with Crippen molar-refractivity contribution in [2.45, 2.75) is 0 Å². The number of fused-ring (bicyclic) bond motifs is 1. The van der Waals surface area contributed by atoms with Gasteiger partial charge >= 0.3 is 0 Å². The van der Waals surface area contributed by atoms with Gasteiger partial charge in [0.2, 0.25) is 0 Å². The molecule has 0 bridgehead atoms. The standard InChI is InChI=1S/C17H15N5O2/c1-23-13-8-12(9-14(10-13)24-2)21-7-5-19-16(21)15-11-20-22-6-3-4-18-17(15)22/h3-11H,1-2H3. The summed E-state index contributed by atoms with van der Waals surface area (Å²) < 4.78 is 14.4. The number of rotatable bonds is 4. The van der Waals surface area contributed by atoms with Crippen LogP contribution in [0.15, 0.2) is 55.2 Å². The Hall–Kier alpha value is -3.35. The van der Waals surface area contributed by atoms with E-state index in [9.17, 15) is 0 Å². The molecule has 1 aromatic carbocycles. The summed E-state index contributed by atoms with van der Waals surface area (Å²) >= 11 is 0. The van der Waals surface area contributed by atoms with Crippen molar-refractivity contribution >= 4 is 5.65 Å². The molecule has 0 amide bonds. The third kappa shape index (κ3) is 2.26. The summed E-state index contributed by atoms with van der Waals surface area (Å²) in [6.07, 6.45) is 8.98. The zero-order valence-electron chi connectivity index (χ0n) is 13.2. The fourth-order valence-corrected chi connectivity index (χ4v) is 2.63. The molecule has 3 heterocycles. The normalized spacial score (nSPS) is 10.9. The van der Waals surface area contributed by atoms with Gasteiger partial charge in [0.1, 0.15) is 17.3 Å². The van der Waals surface area contributed by atoms with Gasteiger partial charge in [-0.3, -0.25) is 4.57 Å². The number of nitrogens with zero attached hydrogens (tertiary/aromatic N) is 5. The van der Waals surface area contributed by atoms with Crippen LogP contribution in [0.2, 0.25) is 0 Å². The summed E-state index contributed by atoms with van der Waals surface area (Å²) in [6.45, 7) is 0. The lowest BCUT2D eigenvalue weighted by Crippen LogP contribution is -1.98. The molecule has 4 rings (SSSR count). The van der Waals surface area contributed by atoms with Crippen LogP contribution in [0.4, 0.5) is 0 Å². The third-order valence-corrected chi connectivity index (χ3v) is 3.78. The molecule has 0 spiro atoms. The first-order chi connectivity index (χ1) is 11.8. The second kappa shape index (κ2) is 5.69. The number of aromatic nitrogens is 5. The summed E-state index contributed by atoms with van der Waals surface area (Å²) in [7, 11) is 3.26. The molecule has 0 radical (unpaired) electrons. The molecule has 0 saturated heterocycles. The lowest BCUT2D eigenvalue weighted by molar-refractivity contribution is 0.394. The first kappa shape index (κ1) is 14.3. The van der Waals surface area contributed by atoms with Gasteiger partial charge in [-0.05, 0) is 6.07 Å². The molecule has 0 fully saturated rings. The molecule has 0 aliphatic carbocycles. The second-order valence-corrected chi connectivity index (χ2v) is 5.14. The second-order valence-electron chi connectivity index (χ2n) is 5.14. The Bertz CT molecular complexity index is 983. The Balaban J connectivity index is 1.89. The van der Waals surface area contributed by atoms with E-state index in [1.54, 1.807) is 37.3 Å². The molecule has 0 saturated carbocycles. The Kier molecular flexibility index (Phi) is 3.38. The molecule has 0 N–H and O–H groups in total. The van der Waals surface area contributed by atoms with Gasteiger partial charge in [-0.25, -0.2) is 14.5 Å². The lowest BCUT2D eigenvalue weighted by Gasteiger charge is -2.11. The minimum absolute atomic E-state index is 0.710. The van der Waals surface area contributed by atoms with E-state index in [2.05, 4.69) is 15.1 Å². The minimum Gasteiger partial charge on any atom is -0.497 e. The maximum atomic E-state index is 5.35. The summed E-state index contributed by atoms with van der Waals surface area (Å²) in [5.74, 6) is 2.17. The average Bonchev–Trinajstić information content (AvgIpc) is 3.27. The smallest absolute Gasteiger partial charge is 0.165 e. The highest BCUT2D eigenvalue weighted by molar-refractivity contribution is 5.73. The highest BCUT2D eigenvalue weighted by atomic mass is 16.5. The topological polar surface area (TPSA) is 66.5 Å². The SMILES string of the molecule is COc1cc(OC)cc(-n2ccnc2-c2cnn3cccnc23)c1. The van der Waals surface area contributed by atoms with Crippen LogP contribution in [0, 0.1) is 0 Å². The van der Waals surface area contributed by atoms with Crippen molar-refractivity contribution < 1.29 is 9.47 Å². The number of methoxy groups -OCH3 is 2. The third-order valence-electron chi connectivity index (χ3n) is 3.78. The fraction of sp³-hybridized carbons (Fsp3) is 0.118. The maximum absolute atomic E-state index is 5.35. The summed E-state index contributed by atoms with van der Waals surface area (Å²) in [5, 5.41) is 4.33. The van der Waals surface area contributed by atoms with Gasteiger partial charge in [0, 0.05) is 43.0 Å². The van der Waals surface area contributed by atoms with Crippen LogP contribution < -0.4 is 9.47 Å². The summed E-state index contributed by atoms with van der Waals surface area (Å²) in [5.41, 5.74) is 2.48. The molecule has 120 valence electrons. The van der Waals surface area contributed by atoms with Gasteiger partial charge < -0.3 is 9.47 Å². The van der Waals surface area contributed by atoms with Crippen molar-refractivity contribution in [2.24, 2.45) is 0 Å². The predicted molar refractivity (Wildman–Crippen MR) is 88.6 cm³/mol. The van der Waals surface area contributed by atoms with Gasteiger partial charge in [-0.2, -0.15) is 5.10 Å². The minimum atomic E-state index is 0.710. The molecular weight excluding hydrogens is 306 g/mol. The number of imidazole rings is 1. The van der Waals surface area contributed by atoms with E-state index >= 15 is 0 Å². The van der Waals surface area contributed by atoms with E-state index in [-0.39, 0.29) is 0 Å². The van der Waals surface area contributed by atoms with E-state index in [1.165, 1.54) is 0 Å². The highest BCUT2D eigenvalue weighted by Crippen LogP contribution is 2.29. The van der Waals surface area contributed by atoms with Crippen molar-refractivity contribution in [2.75, 3.05) is 14.2 Å². The Morgan fingerprint density at radius 2 is 1.71 bits per heavy atom. The van der Waals surface area contributed by atoms with Crippen LogP contribution in [0.5, 0.6) is 11.5 Å². The molecule has 0 unspecified atom stereocenters.